The predicted octanol–water partition coefficient (Wildman–Crippen LogP) is 4.40. The number of aliphatic hydroxyl groups excluding tert-OH is 1. The van der Waals surface area contributed by atoms with Crippen LogP contribution in [-0.4, -0.2) is 23.3 Å². The molecule has 25 heavy (non-hydrogen) atoms. The lowest BCUT2D eigenvalue weighted by molar-refractivity contribution is -0.0515. The molecule has 1 aromatic heterocycles. The molecule has 134 valence electrons. The van der Waals surface area contributed by atoms with Crippen LogP contribution in [0, 0.1) is 5.92 Å². The van der Waals surface area contributed by atoms with Crippen LogP contribution in [0.3, 0.4) is 0 Å². The monoisotopic (exact) mass is 369 g/mol. The lowest BCUT2D eigenvalue weighted by Gasteiger charge is -2.16. The molecule has 1 N–H and O–H groups in total. The molecule has 0 unspecified atom stereocenters. The molecule has 1 aliphatic rings. The van der Waals surface area contributed by atoms with Gasteiger partial charge in [-0.15, -0.1) is 0 Å². The second-order valence-electron chi connectivity index (χ2n) is 6.03. The minimum absolute atomic E-state index is 0.0338. The van der Waals surface area contributed by atoms with Gasteiger partial charge in [-0.3, -0.25) is 4.98 Å². The third-order valence-corrected chi connectivity index (χ3v) is 4.35. The van der Waals surface area contributed by atoms with E-state index in [4.69, 9.17) is 16.3 Å². The van der Waals surface area contributed by atoms with Gasteiger partial charge in [0.2, 0.25) is 0 Å². The summed E-state index contributed by atoms with van der Waals surface area (Å²) in [5, 5.41) is 10.9. The molecule has 1 atom stereocenters. The number of hydrogen-bond donors (Lipinski definition) is 1. The summed E-state index contributed by atoms with van der Waals surface area (Å²) in [6.07, 6.45) is 4.68. The van der Waals surface area contributed by atoms with Crippen LogP contribution in [0.2, 0.25) is 5.02 Å². The zero-order valence-electron chi connectivity index (χ0n) is 13.4. The first kappa shape index (κ1) is 17.9. The molecule has 1 aromatic carbocycles. The Morgan fingerprint density at radius 2 is 2.04 bits per heavy atom. The van der Waals surface area contributed by atoms with Crippen molar-refractivity contribution in [2.45, 2.75) is 32.0 Å². The molecule has 1 fully saturated rings. The van der Waals surface area contributed by atoms with E-state index in [2.05, 4.69) is 9.72 Å². The van der Waals surface area contributed by atoms with Crippen LogP contribution >= 0.6 is 11.6 Å². The normalized spacial score (nSPS) is 15.2. The summed E-state index contributed by atoms with van der Waals surface area (Å²) >= 11 is 6.06. The van der Waals surface area contributed by atoms with Gasteiger partial charge >= 0.3 is 6.61 Å². The smallest absolute Gasteiger partial charge is 0.387 e. The highest BCUT2D eigenvalue weighted by Gasteiger charge is 2.23. The van der Waals surface area contributed by atoms with Crippen LogP contribution in [-0.2, 0) is 6.42 Å². The molecular formula is C18H18ClF2NO3. The molecule has 0 aliphatic heterocycles. The summed E-state index contributed by atoms with van der Waals surface area (Å²) in [6, 6.07) is 6.20. The van der Waals surface area contributed by atoms with Crippen molar-refractivity contribution in [2.75, 3.05) is 6.61 Å². The number of rotatable bonds is 8. The number of halogens is 3. The second-order valence-corrected chi connectivity index (χ2v) is 6.43. The van der Waals surface area contributed by atoms with Crippen molar-refractivity contribution in [3.05, 3.63) is 52.8 Å². The van der Waals surface area contributed by atoms with Crippen LogP contribution in [0.1, 0.15) is 30.1 Å². The van der Waals surface area contributed by atoms with Crippen LogP contribution in [0.15, 0.2) is 36.7 Å². The Kier molecular flexibility index (Phi) is 5.71. The molecule has 1 aliphatic carbocycles. The molecule has 0 saturated heterocycles. The molecular weight excluding hydrogens is 352 g/mol. The quantitative estimate of drug-likeness (QED) is 0.749. The third kappa shape index (κ3) is 5.03. The van der Waals surface area contributed by atoms with E-state index in [0.29, 0.717) is 23.1 Å². The summed E-state index contributed by atoms with van der Waals surface area (Å²) in [5.74, 6) is 0.640. The van der Waals surface area contributed by atoms with Gasteiger partial charge in [0.1, 0.15) is 0 Å². The van der Waals surface area contributed by atoms with Gasteiger partial charge in [0.15, 0.2) is 11.5 Å². The maximum Gasteiger partial charge on any atom is 0.387 e. The first-order valence-corrected chi connectivity index (χ1v) is 8.38. The van der Waals surface area contributed by atoms with Gasteiger partial charge in [0.05, 0.1) is 17.7 Å². The van der Waals surface area contributed by atoms with Gasteiger partial charge in [-0.05, 0) is 48.1 Å². The van der Waals surface area contributed by atoms with E-state index >= 15 is 0 Å². The average molecular weight is 370 g/mol. The van der Waals surface area contributed by atoms with Gasteiger partial charge in [-0.2, -0.15) is 8.78 Å². The lowest BCUT2D eigenvalue weighted by atomic mass is 10.0. The van der Waals surface area contributed by atoms with Gasteiger partial charge in [-0.1, -0.05) is 17.7 Å². The minimum atomic E-state index is -2.94. The molecule has 0 radical (unpaired) electrons. The van der Waals surface area contributed by atoms with E-state index in [-0.39, 0.29) is 17.9 Å². The Morgan fingerprint density at radius 3 is 2.72 bits per heavy atom. The molecule has 1 saturated carbocycles. The number of aromatic nitrogens is 1. The molecule has 0 spiro atoms. The zero-order chi connectivity index (χ0) is 17.8. The number of nitrogens with zero attached hydrogens (tertiary/aromatic N) is 1. The van der Waals surface area contributed by atoms with Crippen LogP contribution < -0.4 is 9.47 Å². The Labute approximate surface area is 149 Å². The van der Waals surface area contributed by atoms with Crippen molar-refractivity contribution in [2.24, 2.45) is 5.92 Å². The van der Waals surface area contributed by atoms with Crippen LogP contribution in [0.5, 0.6) is 11.5 Å². The first-order chi connectivity index (χ1) is 12.0. The van der Waals surface area contributed by atoms with Crippen molar-refractivity contribution in [3.8, 4) is 11.5 Å². The molecule has 2 aromatic rings. The largest absolute Gasteiger partial charge is 0.489 e. The average Bonchev–Trinajstić information content (AvgIpc) is 3.40. The van der Waals surface area contributed by atoms with E-state index in [1.54, 1.807) is 24.4 Å². The Bertz CT molecular complexity index is 725. The van der Waals surface area contributed by atoms with Gasteiger partial charge in [-0.25, -0.2) is 0 Å². The minimum Gasteiger partial charge on any atom is -0.489 e. The number of hydrogen-bond acceptors (Lipinski definition) is 4. The fourth-order valence-corrected chi connectivity index (χ4v) is 2.62. The SMILES string of the molecule is O[C@@H](Cc1ccncc1Cl)c1ccc(OC(F)F)c(OCC2CC2)c1. The summed E-state index contributed by atoms with van der Waals surface area (Å²) in [4.78, 5) is 3.90. The number of pyridine rings is 1. The highest BCUT2D eigenvalue weighted by atomic mass is 35.5. The molecule has 1 heterocycles. The number of alkyl halides is 2. The van der Waals surface area contributed by atoms with Crippen molar-refractivity contribution in [1.29, 1.82) is 0 Å². The van der Waals surface area contributed by atoms with Crippen molar-refractivity contribution in [3.63, 3.8) is 0 Å². The van der Waals surface area contributed by atoms with Gasteiger partial charge < -0.3 is 14.6 Å². The van der Waals surface area contributed by atoms with E-state index in [0.717, 1.165) is 18.4 Å². The summed E-state index contributed by atoms with van der Waals surface area (Å²) in [6.45, 7) is -2.48. The number of aliphatic hydroxyl groups is 1. The number of benzene rings is 1. The Morgan fingerprint density at radius 1 is 1.24 bits per heavy atom. The first-order valence-electron chi connectivity index (χ1n) is 8.01. The highest BCUT2D eigenvalue weighted by Crippen LogP contribution is 2.36. The van der Waals surface area contributed by atoms with Gasteiger partial charge in [0, 0.05) is 18.8 Å². The van der Waals surface area contributed by atoms with E-state index in [1.165, 1.54) is 12.3 Å². The van der Waals surface area contributed by atoms with E-state index < -0.39 is 12.7 Å². The van der Waals surface area contributed by atoms with Crippen molar-refractivity contribution in [1.82, 2.24) is 4.98 Å². The van der Waals surface area contributed by atoms with E-state index in [9.17, 15) is 13.9 Å². The topological polar surface area (TPSA) is 51.6 Å². The highest BCUT2D eigenvalue weighted by molar-refractivity contribution is 6.31. The summed E-state index contributed by atoms with van der Waals surface area (Å²) < 4.78 is 35.2. The van der Waals surface area contributed by atoms with Crippen LogP contribution in [0.4, 0.5) is 8.78 Å². The fraction of sp³-hybridized carbons (Fsp3) is 0.389. The summed E-state index contributed by atoms with van der Waals surface area (Å²) in [5.41, 5.74) is 1.29. The standard InChI is InChI=1S/C18H18ClF2NO3/c19-14-9-22-6-5-12(14)7-15(23)13-3-4-16(25-18(20)21)17(8-13)24-10-11-1-2-11/h3-6,8-9,11,15,18,23H,1-2,7,10H2/t15-/m0/s1. The zero-order valence-corrected chi connectivity index (χ0v) is 14.1. The predicted molar refractivity (Wildman–Crippen MR) is 89.2 cm³/mol. The third-order valence-electron chi connectivity index (χ3n) is 4.01. The molecule has 0 bridgehead atoms. The van der Waals surface area contributed by atoms with Crippen LogP contribution in [0.25, 0.3) is 0 Å². The lowest BCUT2D eigenvalue weighted by Crippen LogP contribution is -2.08. The maximum absolute atomic E-state index is 12.6. The van der Waals surface area contributed by atoms with E-state index in [1.807, 2.05) is 0 Å². The van der Waals surface area contributed by atoms with Crippen molar-refractivity contribution < 1.29 is 23.4 Å². The Hall–Kier alpha value is -1.92. The fourth-order valence-electron chi connectivity index (χ4n) is 2.43. The Balaban J connectivity index is 1.77. The molecule has 7 heteroatoms. The van der Waals surface area contributed by atoms with Crippen molar-refractivity contribution >= 4 is 11.6 Å². The molecule has 3 rings (SSSR count). The molecule has 4 nitrogen and oxygen atoms in total. The molecule has 0 amide bonds. The number of ether oxygens (including phenoxy) is 2. The summed E-state index contributed by atoms with van der Waals surface area (Å²) in [7, 11) is 0. The second kappa shape index (κ2) is 7.97. The maximum atomic E-state index is 12.6. The van der Waals surface area contributed by atoms with Gasteiger partial charge in [0.25, 0.3) is 0 Å².